The first-order chi connectivity index (χ1) is 10.5. The predicted molar refractivity (Wildman–Crippen MR) is 83.9 cm³/mol. The number of fused-ring (bicyclic) bond motifs is 1. The Morgan fingerprint density at radius 1 is 1.23 bits per heavy atom. The quantitative estimate of drug-likeness (QED) is 0.905. The highest BCUT2D eigenvalue weighted by molar-refractivity contribution is 5.86. The number of hydrogen-bond donors (Lipinski definition) is 1. The number of hydrogen-bond acceptors (Lipinski definition) is 4. The minimum absolute atomic E-state index is 0.000995. The average Bonchev–Trinajstić information content (AvgIpc) is 2.55. The van der Waals surface area contributed by atoms with Crippen molar-refractivity contribution in [3.63, 3.8) is 0 Å². The molecule has 2 aliphatic rings. The van der Waals surface area contributed by atoms with Crippen LogP contribution in [-0.4, -0.2) is 42.6 Å². The van der Waals surface area contributed by atoms with Crippen molar-refractivity contribution in [1.82, 2.24) is 4.90 Å². The Bertz CT molecular complexity index is 567. The number of ether oxygens (including phenoxy) is 2. The number of nitrogens with two attached hydrogens (primary N) is 1. The molecule has 1 saturated heterocycles. The van der Waals surface area contributed by atoms with Gasteiger partial charge in [0.15, 0.2) is 11.5 Å². The number of likely N-dealkylation sites (tertiary alicyclic amines) is 1. The van der Waals surface area contributed by atoms with Gasteiger partial charge in [-0.3, -0.25) is 4.79 Å². The van der Waals surface area contributed by atoms with Crippen LogP contribution in [-0.2, 0) is 4.79 Å². The lowest BCUT2D eigenvalue weighted by atomic mass is 9.80. The number of benzene rings is 1. The van der Waals surface area contributed by atoms with Gasteiger partial charge in [-0.1, -0.05) is 19.1 Å². The Balaban J connectivity index is 1.71. The minimum atomic E-state index is -0.954. The van der Waals surface area contributed by atoms with Gasteiger partial charge in [0.2, 0.25) is 5.60 Å². The zero-order chi connectivity index (χ0) is 15.8. The summed E-state index contributed by atoms with van der Waals surface area (Å²) in [6.07, 6.45) is 1.87. The third-order valence-corrected chi connectivity index (χ3v) is 4.89. The molecule has 1 aromatic carbocycles. The second kappa shape index (κ2) is 5.47. The van der Waals surface area contributed by atoms with Gasteiger partial charge in [-0.2, -0.15) is 0 Å². The standard InChI is InChI=1S/C17H24N2O3/c1-16(11-18)7-9-19(10-8-16)15(20)17(2)12-21-13-5-3-4-6-14(13)22-17/h3-6H,7-12,18H2,1-2H3/t17-/m0/s1. The topological polar surface area (TPSA) is 64.8 Å². The van der Waals surface area contributed by atoms with Gasteiger partial charge < -0.3 is 20.1 Å². The Hall–Kier alpha value is -1.75. The van der Waals surface area contributed by atoms with Gasteiger partial charge in [-0.15, -0.1) is 0 Å². The zero-order valence-electron chi connectivity index (χ0n) is 13.3. The second-order valence-corrected chi connectivity index (χ2v) is 6.88. The van der Waals surface area contributed by atoms with E-state index < -0.39 is 5.60 Å². The molecule has 2 heterocycles. The molecule has 120 valence electrons. The van der Waals surface area contributed by atoms with Crippen molar-refractivity contribution in [2.24, 2.45) is 11.1 Å². The average molecular weight is 304 g/mol. The molecular weight excluding hydrogens is 280 g/mol. The summed E-state index contributed by atoms with van der Waals surface area (Å²) in [5, 5.41) is 0. The third kappa shape index (κ3) is 2.65. The fourth-order valence-corrected chi connectivity index (χ4v) is 3.03. The first kappa shape index (κ1) is 15.2. The summed E-state index contributed by atoms with van der Waals surface area (Å²) >= 11 is 0. The van der Waals surface area contributed by atoms with Crippen LogP contribution in [0.3, 0.4) is 0 Å². The second-order valence-electron chi connectivity index (χ2n) is 6.88. The molecule has 0 saturated carbocycles. The fourth-order valence-electron chi connectivity index (χ4n) is 3.03. The van der Waals surface area contributed by atoms with E-state index in [4.69, 9.17) is 15.2 Å². The van der Waals surface area contributed by atoms with Crippen LogP contribution in [0.15, 0.2) is 24.3 Å². The summed E-state index contributed by atoms with van der Waals surface area (Å²) in [5.41, 5.74) is 5.03. The van der Waals surface area contributed by atoms with Crippen LogP contribution in [0.4, 0.5) is 0 Å². The van der Waals surface area contributed by atoms with E-state index in [1.807, 2.05) is 36.1 Å². The van der Waals surface area contributed by atoms with E-state index in [1.54, 1.807) is 0 Å². The Morgan fingerprint density at radius 3 is 2.50 bits per heavy atom. The lowest BCUT2D eigenvalue weighted by Crippen LogP contribution is -2.58. The van der Waals surface area contributed by atoms with Gasteiger partial charge in [0.25, 0.3) is 5.91 Å². The highest BCUT2D eigenvalue weighted by Gasteiger charge is 2.44. The molecule has 22 heavy (non-hydrogen) atoms. The highest BCUT2D eigenvalue weighted by Crippen LogP contribution is 2.37. The molecule has 2 aliphatic heterocycles. The number of piperidine rings is 1. The summed E-state index contributed by atoms with van der Waals surface area (Å²) in [7, 11) is 0. The van der Waals surface area contributed by atoms with Crippen LogP contribution in [0.5, 0.6) is 11.5 Å². The summed E-state index contributed by atoms with van der Waals surface area (Å²) in [4.78, 5) is 14.8. The summed E-state index contributed by atoms with van der Waals surface area (Å²) in [5.74, 6) is 1.33. The van der Waals surface area contributed by atoms with Crippen LogP contribution < -0.4 is 15.2 Å². The third-order valence-electron chi connectivity index (χ3n) is 4.89. The van der Waals surface area contributed by atoms with E-state index in [0.29, 0.717) is 18.0 Å². The first-order valence-corrected chi connectivity index (χ1v) is 7.86. The van der Waals surface area contributed by atoms with Crippen LogP contribution in [0.1, 0.15) is 26.7 Å². The number of rotatable bonds is 2. The van der Waals surface area contributed by atoms with Gasteiger partial charge in [0, 0.05) is 13.1 Å². The Kier molecular flexibility index (Phi) is 3.77. The van der Waals surface area contributed by atoms with E-state index in [-0.39, 0.29) is 17.9 Å². The molecule has 0 spiro atoms. The number of carbonyl (C=O) groups is 1. The van der Waals surface area contributed by atoms with E-state index in [9.17, 15) is 4.79 Å². The van der Waals surface area contributed by atoms with Crippen LogP contribution in [0.2, 0.25) is 0 Å². The van der Waals surface area contributed by atoms with Gasteiger partial charge in [-0.25, -0.2) is 0 Å². The number of nitrogens with zero attached hydrogens (tertiary/aromatic N) is 1. The molecular formula is C17H24N2O3. The van der Waals surface area contributed by atoms with Gasteiger partial charge >= 0.3 is 0 Å². The lowest BCUT2D eigenvalue weighted by molar-refractivity contribution is -0.153. The Labute approximate surface area is 131 Å². The molecule has 3 rings (SSSR count). The van der Waals surface area contributed by atoms with Gasteiger partial charge in [0.1, 0.15) is 6.61 Å². The van der Waals surface area contributed by atoms with Crippen molar-refractivity contribution in [3.05, 3.63) is 24.3 Å². The predicted octanol–water partition coefficient (Wildman–Crippen LogP) is 1.80. The van der Waals surface area contributed by atoms with Crippen LogP contribution in [0.25, 0.3) is 0 Å². The number of para-hydroxylation sites is 2. The fraction of sp³-hybridized carbons (Fsp3) is 0.588. The minimum Gasteiger partial charge on any atom is -0.485 e. The SMILES string of the molecule is CC1(CN)CCN(C(=O)[C@]2(C)COc3ccccc3O2)CC1. The molecule has 0 bridgehead atoms. The molecule has 1 amide bonds. The van der Waals surface area contributed by atoms with Crippen molar-refractivity contribution < 1.29 is 14.3 Å². The monoisotopic (exact) mass is 304 g/mol. The lowest BCUT2D eigenvalue weighted by Gasteiger charge is -2.43. The summed E-state index contributed by atoms with van der Waals surface area (Å²) < 4.78 is 11.7. The molecule has 0 unspecified atom stereocenters. The normalized spacial score (nSPS) is 26.6. The van der Waals surface area contributed by atoms with Crippen molar-refractivity contribution in [3.8, 4) is 11.5 Å². The molecule has 5 heteroatoms. The van der Waals surface area contributed by atoms with Gasteiger partial charge in [-0.05, 0) is 43.9 Å². The van der Waals surface area contributed by atoms with Crippen molar-refractivity contribution >= 4 is 5.91 Å². The molecule has 0 aromatic heterocycles. The smallest absolute Gasteiger partial charge is 0.270 e. The van der Waals surface area contributed by atoms with Crippen molar-refractivity contribution in [2.75, 3.05) is 26.2 Å². The molecule has 0 radical (unpaired) electrons. The highest BCUT2D eigenvalue weighted by atomic mass is 16.6. The van der Waals surface area contributed by atoms with Crippen molar-refractivity contribution in [1.29, 1.82) is 0 Å². The summed E-state index contributed by atoms with van der Waals surface area (Å²) in [6, 6.07) is 7.46. The zero-order valence-corrected chi connectivity index (χ0v) is 13.3. The van der Waals surface area contributed by atoms with E-state index in [1.165, 1.54) is 0 Å². The van der Waals surface area contributed by atoms with Crippen LogP contribution in [0, 0.1) is 5.41 Å². The molecule has 1 aromatic rings. The van der Waals surface area contributed by atoms with Gasteiger partial charge in [0.05, 0.1) is 0 Å². The molecule has 1 fully saturated rings. The van der Waals surface area contributed by atoms with Crippen LogP contribution >= 0.6 is 0 Å². The van der Waals surface area contributed by atoms with E-state index in [2.05, 4.69) is 6.92 Å². The molecule has 5 nitrogen and oxygen atoms in total. The molecule has 1 atom stereocenters. The Morgan fingerprint density at radius 2 is 1.86 bits per heavy atom. The maximum atomic E-state index is 12.9. The largest absolute Gasteiger partial charge is 0.485 e. The first-order valence-electron chi connectivity index (χ1n) is 7.86. The van der Waals surface area contributed by atoms with E-state index in [0.717, 1.165) is 25.9 Å². The maximum Gasteiger partial charge on any atom is 0.270 e. The molecule has 0 aliphatic carbocycles. The maximum absolute atomic E-state index is 12.9. The number of amides is 1. The summed E-state index contributed by atoms with van der Waals surface area (Å²) in [6.45, 7) is 6.36. The molecule has 2 N–H and O–H groups in total. The number of carbonyl (C=O) groups excluding carboxylic acids is 1. The van der Waals surface area contributed by atoms with Crippen molar-refractivity contribution in [2.45, 2.75) is 32.3 Å². The van der Waals surface area contributed by atoms with E-state index >= 15 is 0 Å².